The summed E-state index contributed by atoms with van der Waals surface area (Å²) in [5.41, 5.74) is 1.23. The Balaban J connectivity index is 0.00000162. The van der Waals surface area contributed by atoms with Crippen LogP contribution in [0.1, 0.15) is 32.0 Å². The first-order chi connectivity index (χ1) is 8.27. The lowest BCUT2D eigenvalue weighted by Gasteiger charge is -2.35. The van der Waals surface area contributed by atoms with Crippen molar-refractivity contribution in [1.29, 1.82) is 0 Å². The summed E-state index contributed by atoms with van der Waals surface area (Å²) in [7, 11) is 0. The molecule has 2 heterocycles. The second-order valence-corrected chi connectivity index (χ2v) is 5.19. The summed E-state index contributed by atoms with van der Waals surface area (Å²) < 4.78 is 0. The van der Waals surface area contributed by atoms with Crippen LogP contribution in [-0.4, -0.2) is 36.1 Å². The van der Waals surface area contributed by atoms with Gasteiger partial charge in [-0.25, -0.2) is 0 Å². The van der Waals surface area contributed by atoms with Crippen molar-refractivity contribution in [3.8, 4) is 0 Å². The molecule has 1 N–H and O–H groups in total. The van der Waals surface area contributed by atoms with Crippen LogP contribution in [0.3, 0.4) is 0 Å². The first-order valence-corrected chi connectivity index (χ1v) is 6.63. The van der Waals surface area contributed by atoms with Gasteiger partial charge in [-0.2, -0.15) is 0 Å². The van der Waals surface area contributed by atoms with E-state index in [1.807, 2.05) is 12.3 Å². The lowest BCUT2D eigenvalue weighted by molar-refractivity contribution is 0.151. The number of nitrogens with one attached hydrogen (secondary N) is 1. The van der Waals surface area contributed by atoms with Crippen molar-refractivity contribution in [3.05, 3.63) is 30.1 Å². The fourth-order valence-electron chi connectivity index (χ4n) is 2.47. The van der Waals surface area contributed by atoms with Crippen molar-refractivity contribution < 1.29 is 0 Å². The Bertz CT molecular complexity index is 327. The lowest BCUT2D eigenvalue weighted by atomic mass is 9.98. The number of hydrogen-bond donors (Lipinski definition) is 1. The molecule has 0 aromatic carbocycles. The van der Waals surface area contributed by atoms with Crippen LogP contribution in [0.4, 0.5) is 0 Å². The van der Waals surface area contributed by atoms with E-state index < -0.39 is 0 Å². The van der Waals surface area contributed by atoms with Gasteiger partial charge in [0.25, 0.3) is 0 Å². The van der Waals surface area contributed by atoms with Crippen molar-refractivity contribution >= 4 is 24.8 Å². The average Bonchev–Trinajstić information content (AvgIpc) is 2.38. The maximum atomic E-state index is 4.55. The molecule has 0 radical (unpaired) electrons. The number of pyridine rings is 1. The van der Waals surface area contributed by atoms with Gasteiger partial charge in [0, 0.05) is 32.4 Å². The second kappa shape index (κ2) is 9.54. The van der Waals surface area contributed by atoms with Crippen LogP contribution in [0, 0.1) is 5.92 Å². The van der Waals surface area contributed by atoms with E-state index >= 15 is 0 Å². The highest BCUT2D eigenvalue weighted by Crippen LogP contribution is 2.26. The Morgan fingerprint density at radius 1 is 1.21 bits per heavy atom. The molecule has 1 saturated heterocycles. The van der Waals surface area contributed by atoms with Gasteiger partial charge in [0.2, 0.25) is 0 Å². The number of nitrogens with zero attached hydrogens (tertiary/aromatic N) is 2. The third-order valence-corrected chi connectivity index (χ3v) is 3.32. The highest BCUT2D eigenvalue weighted by Gasteiger charge is 2.23. The zero-order valence-corrected chi connectivity index (χ0v) is 13.3. The second-order valence-electron chi connectivity index (χ2n) is 5.19. The van der Waals surface area contributed by atoms with E-state index in [1.54, 1.807) is 0 Å². The van der Waals surface area contributed by atoms with Crippen molar-refractivity contribution in [1.82, 2.24) is 15.2 Å². The van der Waals surface area contributed by atoms with Crippen molar-refractivity contribution in [2.45, 2.75) is 26.3 Å². The molecule has 0 unspecified atom stereocenters. The maximum Gasteiger partial charge on any atom is 0.0575 e. The Hall–Kier alpha value is -0.350. The van der Waals surface area contributed by atoms with Gasteiger partial charge >= 0.3 is 0 Å². The molecule has 2 rings (SSSR count). The first kappa shape index (κ1) is 18.7. The topological polar surface area (TPSA) is 28.2 Å². The van der Waals surface area contributed by atoms with Crippen LogP contribution in [0.2, 0.25) is 0 Å². The van der Waals surface area contributed by atoms with Crippen molar-refractivity contribution in [3.63, 3.8) is 0 Å². The molecule has 1 fully saturated rings. The molecule has 1 aromatic heterocycles. The first-order valence-electron chi connectivity index (χ1n) is 6.63. The quantitative estimate of drug-likeness (QED) is 0.927. The van der Waals surface area contributed by atoms with Crippen molar-refractivity contribution in [2.24, 2.45) is 5.92 Å². The van der Waals surface area contributed by atoms with Crippen LogP contribution >= 0.6 is 24.8 Å². The van der Waals surface area contributed by atoms with Gasteiger partial charge in [-0.15, -0.1) is 24.8 Å². The van der Waals surface area contributed by atoms with E-state index in [2.05, 4.69) is 41.2 Å². The van der Waals surface area contributed by atoms with Crippen LogP contribution in [-0.2, 0) is 0 Å². The molecule has 0 spiro atoms. The smallest absolute Gasteiger partial charge is 0.0575 e. The predicted octanol–water partition coefficient (Wildman–Crippen LogP) is 2.92. The van der Waals surface area contributed by atoms with E-state index in [9.17, 15) is 0 Å². The van der Waals surface area contributed by atoms with E-state index in [0.29, 0.717) is 12.0 Å². The molecule has 0 amide bonds. The molecule has 1 aliphatic rings. The number of aromatic nitrogens is 1. The Labute approximate surface area is 129 Å². The summed E-state index contributed by atoms with van der Waals surface area (Å²) in [6.07, 6.45) is 3.10. The van der Waals surface area contributed by atoms with Gasteiger partial charge < -0.3 is 5.32 Å². The molecule has 1 atom stereocenters. The molecule has 19 heavy (non-hydrogen) atoms. The minimum absolute atomic E-state index is 0. The fraction of sp³-hybridized carbons (Fsp3) is 0.643. The van der Waals surface area contributed by atoms with Crippen LogP contribution in [0.5, 0.6) is 0 Å². The van der Waals surface area contributed by atoms with Gasteiger partial charge in [-0.05, 0) is 24.5 Å². The largest absolute Gasteiger partial charge is 0.314 e. The van der Waals surface area contributed by atoms with Crippen LogP contribution < -0.4 is 5.32 Å². The van der Waals surface area contributed by atoms with Crippen LogP contribution in [0.15, 0.2) is 24.4 Å². The highest BCUT2D eigenvalue weighted by atomic mass is 35.5. The summed E-state index contributed by atoms with van der Waals surface area (Å²) in [5, 5.41) is 3.41. The lowest BCUT2D eigenvalue weighted by Crippen LogP contribution is -2.45. The molecular formula is C14H25Cl2N3. The molecule has 5 heteroatoms. The van der Waals surface area contributed by atoms with Gasteiger partial charge in [0.1, 0.15) is 0 Å². The predicted molar refractivity (Wildman–Crippen MR) is 85.4 cm³/mol. The molecule has 0 aliphatic carbocycles. The summed E-state index contributed by atoms with van der Waals surface area (Å²) in [6, 6.07) is 6.74. The molecule has 1 aromatic rings. The Morgan fingerprint density at radius 3 is 2.42 bits per heavy atom. The molecule has 3 nitrogen and oxygen atoms in total. The van der Waals surface area contributed by atoms with Gasteiger partial charge in [-0.3, -0.25) is 9.88 Å². The fourth-order valence-corrected chi connectivity index (χ4v) is 2.47. The number of piperazine rings is 1. The summed E-state index contributed by atoms with van der Waals surface area (Å²) in [4.78, 5) is 7.11. The van der Waals surface area contributed by atoms with E-state index in [-0.39, 0.29) is 24.8 Å². The van der Waals surface area contributed by atoms with Gasteiger partial charge in [0.15, 0.2) is 0 Å². The number of halogens is 2. The minimum Gasteiger partial charge on any atom is -0.314 e. The SMILES string of the molecule is CC(C)C[C@H](c1ccccn1)N1CCNCC1.Cl.Cl. The maximum absolute atomic E-state index is 4.55. The molecule has 0 bridgehead atoms. The number of hydrogen-bond acceptors (Lipinski definition) is 3. The zero-order chi connectivity index (χ0) is 12.1. The third kappa shape index (κ3) is 5.65. The minimum atomic E-state index is 0. The van der Waals surface area contributed by atoms with Crippen LogP contribution in [0.25, 0.3) is 0 Å². The van der Waals surface area contributed by atoms with E-state index in [4.69, 9.17) is 0 Å². The Kier molecular flexibility index (Phi) is 9.36. The summed E-state index contributed by atoms with van der Waals surface area (Å²) in [5.74, 6) is 0.705. The standard InChI is InChI=1S/C14H23N3.2ClH/c1-12(2)11-14(13-5-3-4-6-16-13)17-9-7-15-8-10-17;;/h3-6,12,14-15H,7-11H2,1-2H3;2*1H/t14-;;/m1../s1. The Morgan fingerprint density at radius 2 is 1.89 bits per heavy atom. The van der Waals surface area contributed by atoms with Crippen molar-refractivity contribution in [2.75, 3.05) is 26.2 Å². The van der Waals surface area contributed by atoms with Gasteiger partial charge in [0.05, 0.1) is 11.7 Å². The van der Waals surface area contributed by atoms with E-state index in [1.165, 1.54) is 12.1 Å². The van der Waals surface area contributed by atoms with E-state index in [0.717, 1.165) is 26.2 Å². The third-order valence-electron chi connectivity index (χ3n) is 3.32. The monoisotopic (exact) mass is 305 g/mol. The normalized spacial score (nSPS) is 17.4. The zero-order valence-electron chi connectivity index (χ0n) is 11.7. The molecule has 1 aliphatic heterocycles. The molecular weight excluding hydrogens is 281 g/mol. The number of rotatable bonds is 4. The summed E-state index contributed by atoms with van der Waals surface area (Å²) in [6.45, 7) is 9.04. The average molecular weight is 306 g/mol. The summed E-state index contributed by atoms with van der Waals surface area (Å²) >= 11 is 0. The molecule has 0 saturated carbocycles. The highest BCUT2D eigenvalue weighted by molar-refractivity contribution is 5.85. The van der Waals surface area contributed by atoms with Gasteiger partial charge in [-0.1, -0.05) is 19.9 Å². The molecule has 110 valence electrons.